The maximum atomic E-state index is 14.0. The van der Waals surface area contributed by atoms with E-state index < -0.39 is 23.9 Å². The molecule has 2 heterocycles. The van der Waals surface area contributed by atoms with Gasteiger partial charge in [-0.1, -0.05) is 25.8 Å². The number of nitrogens with zero attached hydrogens (tertiary/aromatic N) is 3. The van der Waals surface area contributed by atoms with Gasteiger partial charge in [0, 0.05) is 41.4 Å². The maximum absolute atomic E-state index is 14.0. The molecule has 2 rings (SSSR count). The van der Waals surface area contributed by atoms with Crippen molar-refractivity contribution in [1.82, 2.24) is 10.2 Å². The van der Waals surface area contributed by atoms with Gasteiger partial charge in [0.1, 0.15) is 23.5 Å². The van der Waals surface area contributed by atoms with Crippen LogP contribution in [0.5, 0.6) is 0 Å². The van der Waals surface area contributed by atoms with E-state index in [1.54, 1.807) is 31.8 Å². The van der Waals surface area contributed by atoms with E-state index in [0.29, 0.717) is 35.2 Å². The van der Waals surface area contributed by atoms with E-state index in [0.717, 1.165) is 31.0 Å². The van der Waals surface area contributed by atoms with Crippen molar-refractivity contribution in [2.24, 2.45) is 9.98 Å². The van der Waals surface area contributed by atoms with E-state index >= 15 is 0 Å². The average Bonchev–Trinajstić information content (AvgIpc) is 3.22. The van der Waals surface area contributed by atoms with Crippen LogP contribution in [0.25, 0.3) is 0 Å². The lowest BCUT2D eigenvalue weighted by Crippen LogP contribution is -2.43. The number of hydrogen-bond acceptors (Lipinski definition) is 4. The molecule has 2 unspecified atom stereocenters. The number of alkyl halides is 3. The van der Waals surface area contributed by atoms with Crippen LogP contribution in [0.3, 0.4) is 0 Å². The van der Waals surface area contributed by atoms with Gasteiger partial charge in [0.2, 0.25) is 0 Å². The molecule has 1 saturated heterocycles. The summed E-state index contributed by atoms with van der Waals surface area (Å²) < 4.78 is 68.4. The van der Waals surface area contributed by atoms with Crippen LogP contribution in [0.15, 0.2) is 106 Å². The summed E-state index contributed by atoms with van der Waals surface area (Å²) in [6, 6.07) is -1.75. The van der Waals surface area contributed by atoms with Crippen molar-refractivity contribution in [3.05, 3.63) is 95.8 Å². The predicted molar refractivity (Wildman–Crippen MR) is 141 cm³/mol. The topological polar surface area (TPSA) is 40.0 Å². The normalized spacial score (nSPS) is 26.4. The molecule has 4 nitrogen and oxygen atoms in total. The summed E-state index contributed by atoms with van der Waals surface area (Å²) >= 11 is 0. The first-order chi connectivity index (χ1) is 17.0. The summed E-state index contributed by atoms with van der Waals surface area (Å²) in [7, 11) is 0.0888. The maximum Gasteiger partial charge on any atom is 0.408 e. The Kier molecular flexibility index (Phi) is 10.8. The number of rotatable bonds is 8. The Morgan fingerprint density at radius 1 is 1.22 bits per heavy atom. The standard InChI is InChI=1S/C26H30F5N4P/c1-6-23(19(4)34-24(16-36-5)26(29,30)31)18(3)20-9-10-25(35-11-7-8-17(35)2)33-15-22(28)12-21(27)14-32-13-20/h6,9-10,12-15,24,34,36H,2-4,7-8,11,16H2,1,5H3/b10-9?,20-9+,20-13?,21-12?,21-14+,22-12+,22-15?,23-6+,25-10+,32-13+,32-14?,33-15+,33-25?. The second-order valence-corrected chi connectivity index (χ2v) is 9.12. The third kappa shape index (κ3) is 8.26. The zero-order valence-corrected chi connectivity index (χ0v) is 21.3. The van der Waals surface area contributed by atoms with Crippen LogP contribution in [0.2, 0.25) is 0 Å². The van der Waals surface area contributed by atoms with Crippen LogP contribution in [0.1, 0.15) is 19.8 Å². The van der Waals surface area contributed by atoms with Crippen molar-refractivity contribution in [2.45, 2.75) is 32.0 Å². The Balaban J connectivity index is 2.47. The molecule has 0 aromatic heterocycles. The Hall–Kier alpha value is -3.06. The van der Waals surface area contributed by atoms with Crippen LogP contribution >= 0.6 is 8.58 Å². The van der Waals surface area contributed by atoms with Crippen molar-refractivity contribution >= 4 is 21.0 Å². The van der Waals surface area contributed by atoms with Gasteiger partial charge in [0.15, 0.2) is 0 Å². The van der Waals surface area contributed by atoms with Gasteiger partial charge in [-0.25, -0.2) is 13.8 Å². The van der Waals surface area contributed by atoms with E-state index in [2.05, 4.69) is 35.0 Å². The molecule has 0 amide bonds. The molecule has 36 heavy (non-hydrogen) atoms. The summed E-state index contributed by atoms with van der Waals surface area (Å²) in [5.74, 6) is -1.47. The molecule has 0 saturated carbocycles. The zero-order chi connectivity index (χ0) is 26.9. The second kappa shape index (κ2) is 13.3. The highest BCUT2D eigenvalue weighted by Gasteiger charge is 2.39. The quantitative estimate of drug-likeness (QED) is 0.210. The van der Waals surface area contributed by atoms with Gasteiger partial charge in [-0.2, -0.15) is 13.2 Å². The number of halogens is 5. The van der Waals surface area contributed by atoms with Gasteiger partial charge >= 0.3 is 6.18 Å². The Bertz CT molecular complexity index is 1090. The molecule has 0 radical (unpaired) electrons. The fraction of sp³-hybridized carbons (Fsp3) is 0.308. The molecule has 194 valence electrons. The van der Waals surface area contributed by atoms with Crippen LogP contribution in [-0.4, -0.2) is 48.9 Å². The van der Waals surface area contributed by atoms with Crippen molar-refractivity contribution in [3.8, 4) is 0 Å². The molecule has 2 aliphatic rings. The third-order valence-corrected chi connectivity index (χ3v) is 6.18. The Labute approximate surface area is 210 Å². The van der Waals surface area contributed by atoms with Gasteiger partial charge in [-0.15, -0.1) is 8.58 Å². The lowest BCUT2D eigenvalue weighted by molar-refractivity contribution is -0.148. The fourth-order valence-electron chi connectivity index (χ4n) is 3.55. The first kappa shape index (κ1) is 29.2. The summed E-state index contributed by atoms with van der Waals surface area (Å²) in [6.45, 7) is 15.8. The van der Waals surface area contributed by atoms with Crippen LogP contribution in [0.4, 0.5) is 22.0 Å². The molecule has 0 bridgehead atoms. The molecular weight excluding hydrogens is 494 g/mol. The highest BCUT2D eigenvalue weighted by molar-refractivity contribution is 7.37. The van der Waals surface area contributed by atoms with Gasteiger partial charge in [0.05, 0.1) is 12.4 Å². The van der Waals surface area contributed by atoms with Crippen molar-refractivity contribution < 1.29 is 22.0 Å². The molecule has 1 fully saturated rings. The minimum Gasteiger partial charge on any atom is -0.374 e. The Morgan fingerprint density at radius 2 is 1.94 bits per heavy atom. The molecular formula is C26H30F5N4P. The first-order valence-electron chi connectivity index (χ1n) is 11.2. The van der Waals surface area contributed by atoms with E-state index in [4.69, 9.17) is 0 Å². The molecule has 0 aromatic rings. The second-order valence-electron chi connectivity index (χ2n) is 8.00. The highest BCUT2D eigenvalue weighted by Crippen LogP contribution is 2.29. The summed E-state index contributed by atoms with van der Waals surface area (Å²) in [6.07, 6.45) is 5.49. The van der Waals surface area contributed by atoms with Crippen LogP contribution in [-0.2, 0) is 0 Å². The fourth-order valence-corrected chi connectivity index (χ4v) is 4.29. The van der Waals surface area contributed by atoms with Gasteiger partial charge in [-0.05, 0) is 50.3 Å². The Morgan fingerprint density at radius 3 is 2.53 bits per heavy atom. The minimum atomic E-state index is -4.45. The molecule has 2 aliphatic heterocycles. The number of nitrogens with one attached hydrogen (secondary N) is 1. The van der Waals surface area contributed by atoms with Crippen LogP contribution < -0.4 is 5.32 Å². The number of hydrogen-bond donors (Lipinski definition) is 1. The molecule has 1 N–H and O–H groups in total. The van der Waals surface area contributed by atoms with Gasteiger partial charge in [0.25, 0.3) is 0 Å². The van der Waals surface area contributed by atoms with E-state index in [1.165, 1.54) is 6.21 Å². The van der Waals surface area contributed by atoms with Crippen molar-refractivity contribution in [1.29, 1.82) is 0 Å². The average molecular weight is 525 g/mol. The largest absolute Gasteiger partial charge is 0.408 e. The molecule has 0 spiro atoms. The van der Waals surface area contributed by atoms with E-state index in [-0.39, 0.29) is 20.4 Å². The lowest BCUT2D eigenvalue weighted by atomic mass is 9.96. The molecule has 2 atom stereocenters. The summed E-state index contributed by atoms with van der Waals surface area (Å²) in [5, 5.41) is 2.48. The molecule has 10 heteroatoms. The first-order valence-corrected chi connectivity index (χ1v) is 12.9. The van der Waals surface area contributed by atoms with Crippen molar-refractivity contribution in [2.75, 3.05) is 19.4 Å². The van der Waals surface area contributed by atoms with Crippen LogP contribution in [0, 0.1) is 0 Å². The van der Waals surface area contributed by atoms with E-state index in [9.17, 15) is 22.0 Å². The number of allylic oxidation sites excluding steroid dienone is 9. The summed E-state index contributed by atoms with van der Waals surface area (Å²) in [4.78, 5) is 9.88. The molecule has 0 aliphatic carbocycles. The summed E-state index contributed by atoms with van der Waals surface area (Å²) in [5.41, 5.74) is 1.87. The van der Waals surface area contributed by atoms with Gasteiger partial charge in [-0.3, -0.25) is 4.99 Å². The predicted octanol–water partition coefficient (Wildman–Crippen LogP) is 7.03. The lowest BCUT2D eigenvalue weighted by Gasteiger charge is -2.25. The van der Waals surface area contributed by atoms with Crippen molar-refractivity contribution in [3.63, 3.8) is 0 Å². The monoisotopic (exact) mass is 524 g/mol. The number of likely N-dealkylation sites (tertiary alicyclic amines) is 1. The zero-order valence-electron chi connectivity index (χ0n) is 20.3. The third-order valence-electron chi connectivity index (χ3n) is 5.36. The highest BCUT2D eigenvalue weighted by atomic mass is 31.1. The number of aliphatic imine (C=N–C) groups is 2. The van der Waals surface area contributed by atoms with Gasteiger partial charge < -0.3 is 10.2 Å². The smallest absolute Gasteiger partial charge is 0.374 e. The SMILES string of the molecule is C=C(NC(CPC)C(F)(F)F)/C(=C/C)C(=C)C1=C/C=C(N2CCCC2=C)\N=C\C(F)=C/C(F)=C\N=C\1. The minimum absolute atomic E-state index is 0.0466. The van der Waals surface area contributed by atoms with E-state index in [1.807, 2.05) is 4.90 Å². The molecule has 0 aromatic carbocycles.